The van der Waals surface area contributed by atoms with Gasteiger partial charge < -0.3 is 9.64 Å². The summed E-state index contributed by atoms with van der Waals surface area (Å²) < 4.78 is 6.16. The van der Waals surface area contributed by atoms with Gasteiger partial charge in [-0.1, -0.05) is 43.0 Å². The van der Waals surface area contributed by atoms with Crippen LogP contribution in [0, 0.1) is 6.92 Å². The second-order valence-electron chi connectivity index (χ2n) is 6.19. The van der Waals surface area contributed by atoms with Crippen LogP contribution >= 0.6 is 0 Å². The van der Waals surface area contributed by atoms with E-state index >= 15 is 0 Å². The first kappa shape index (κ1) is 16.3. The third kappa shape index (κ3) is 3.67. The lowest BCUT2D eigenvalue weighted by atomic mass is 10.0. The number of ether oxygens (including phenoxy) is 1. The lowest BCUT2D eigenvalue weighted by molar-refractivity contribution is -0.127. The molecule has 2 aromatic rings. The van der Waals surface area contributed by atoms with Gasteiger partial charge in [-0.15, -0.1) is 0 Å². The quantitative estimate of drug-likeness (QED) is 0.789. The molecule has 0 aromatic heterocycles. The summed E-state index contributed by atoms with van der Waals surface area (Å²) in [6.45, 7) is 7.12. The Bertz CT molecular complexity index is 730. The maximum absolute atomic E-state index is 11.6. The van der Waals surface area contributed by atoms with Crippen molar-refractivity contribution in [1.29, 1.82) is 0 Å². The number of likely N-dealkylation sites (tertiary alicyclic amines) is 1. The molecule has 0 radical (unpaired) electrons. The SMILES string of the molecule is C=CC(=O)N1CCC(Oc2cccc(-c3ccccc3C)c2)CC1. The second kappa shape index (κ2) is 7.35. The van der Waals surface area contributed by atoms with E-state index in [9.17, 15) is 4.79 Å². The minimum Gasteiger partial charge on any atom is -0.490 e. The summed E-state index contributed by atoms with van der Waals surface area (Å²) >= 11 is 0. The van der Waals surface area contributed by atoms with Crippen molar-refractivity contribution in [2.45, 2.75) is 25.9 Å². The zero-order chi connectivity index (χ0) is 16.9. The lowest BCUT2D eigenvalue weighted by Gasteiger charge is -2.31. The summed E-state index contributed by atoms with van der Waals surface area (Å²) in [6.07, 6.45) is 3.25. The van der Waals surface area contributed by atoms with Gasteiger partial charge in [-0.25, -0.2) is 0 Å². The molecule has 0 unspecified atom stereocenters. The molecule has 1 fully saturated rings. The van der Waals surface area contributed by atoms with Crippen molar-refractivity contribution in [2.24, 2.45) is 0 Å². The van der Waals surface area contributed by atoms with E-state index < -0.39 is 0 Å². The van der Waals surface area contributed by atoms with E-state index in [0.717, 1.165) is 31.7 Å². The topological polar surface area (TPSA) is 29.5 Å². The number of nitrogens with zero attached hydrogens (tertiary/aromatic N) is 1. The van der Waals surface area contributed by atoms with Crippen LogP contribution in [0.3, 0.4) is 0 Å². The largest absolute Gasteiger partial charge is 0.490 e. The highest BCUT2D eigenvalue weighted by atomic mass is 16.5. The van der Waals surface area contributed by atoms with E-state index in [0.29, 0.717) is 0 Å². The van der Waals surface area contributed by atoms with Crippen LogP contribution in [0.25, 0.3) is 11.1 Å². The van der Waals surface area contributed by atoms with Gasteiger partial charge in [-0.05, 0) is 41.8 Å². The molecular formula is C21H23NO2. The zero-order valence-electron chi connectivity index (χ0n) is 14.1. The molecule has 124 valence electrons. The molecule has 3 heteroatoms. The molecule has 2 aromatic carbocycles. The van der Waals surface area contributed by atoms with Gasteiger partial charge in [0, 0.05) is 25.9 Å². The Morgan fingerprint density at radius 3 is 2.62 bits per heavy atom. The molecule has 3 rings (SSSR count). The number of aryl methyl sites for hydroxylation is 1. The summed E-state index contributed by atoms with van der Waals surface area (Å²) in [5, 5.41) is 0. The van der Waals surface area contributed by atoms with Crippen molar-refractivity contribution in [3.8, 4) is 16.9 Å². The monoisotopic (exact) mass is 321 g/mol. The van der Waals surface area contributed by atoms with Crippen LogP contribution in [-0.4, -0.2) is 30.0 Å². The van der Waals surface area contributed by atoms with E-state index in [1.54, 1.807) is 0 Å². The molecule has 1 amide bonds. The first-order valence-electron chi connectivity index (χ1n) is 8.41. The Kier molecular flexibility index (Phi) is 4.99. The second-order valence-corrected chi connectivity index (χ2v) is 6.19. The molecule has 24 heavy (non-hydrogen) atoms. The van der Waals surface area contributed by atoms with Gasteiger partial charge in [0.05, 0.1) is 0 Å². The molecule has 0 N–H and O–H groups in total. The van der Waals surface area contributed by atoms with Crippen LogP contribution in [0.2, 0.25) is 0 Å². The van der Waals surface area contributed by atoms with Crippen LogP contribution < -0.4 is 4.74 Å². The minimum atomic E-state index is 0.00926. The van der Waals surface area contributed by atoms with E-state index in [1.807, 2.05) is 17.0 Å². The van der Waals surface area contributed by atoms with Crippen LogP contribution in [0.1, 0.15) is 18.4 Å². The van der Waals surface area contributed by atoms with Crippen LogP contribution in [-0.2, 0) is 4.79 Å². The van der Waals surface area contributed by atoms with E-state index in [-0.39, 0.29) is 12.0 Å². The fourth-order valence-corrected chi connectivity index (χ4v) is 3.15. The number of piperidine rings is 1. The summed E-state index contributed by atoms with van der Waals surface area (Å²) in [6, 6.07) is 16.6. The van der Waals surface area contributed by atoms with Crippen molar-refractivity contribution in [3.63, 3.8) is 0 Å². The highest BCUT2D eigenvalue weighted by molar-refractivity contribution is 5.87. The van der Waals surface area contributed by atoms with Gasteiger partial charge in [0.15, 0.2) is 0 Å². The lowest BCUT2D eigenvalue weighted by Crippen LogP contribution is -2.41. The standard InChI is InChI=1S/C21H23NO2/c1-3-21(23)22-13-11-18(12-14-22)24-19-9-6-8-17(15-19)20-10-5-4-7-16(20)2/h3-10,15,18H,1,11-14H2,2H3. The summed E-state index contributed by atoms with van der Waals surface area (Å²) in [5.74, 6) is 0.902. The number of carbonyl (C=O) groups excluding carboxylic acids is 1. The first-order valence-corrected chi connectivity index (χ1v) is 8.41. The van der Waals surface area contributed by atoms with E-state index in [4.69, 9.17) is 4.74 Å². The molecule has 1 aliphatic heterocycles. The number of carbonyl (C=O) groups is 1. The van der Waals surface area contributed by atoms with Crippen LogP contribution in [0.4, 0.5) is 0 Å². The van der Waals surface area contributed by atoms with Crippen molar-refractivity contribution in [2.75, 3.05) is 13.1 Å². The molecule has 3 nitrogen and oxygen atoms in total. The maximum atomic E-state index is 11.6. The zero-order valence-corrected chi connectivity index (χ0v) is 14.1. The fourth-order valence-electron chi connectivity index (χ4n) is 3.15. The molecule has 0 spiro atoms. The predicted molar refractivity (Wildman–Crippen MR) is 97.0 cm³/mol. The summed E-state index contributed by atoms with van der Waals surface area (Å²) in [4.78, 5) is 13.5. The molecule has 0 aliphatic carbocycles. The van der Waals surface area contributed by atoms with Crippen LogP contribution in [0.15, 0.2) is 61.2 Å². The Morgan fingerprint density at radius 2 is 1.92 bits per heavy atom. The summed E-state index contributed by atoms with van der Waals surface area (Å²) in [5.41, 5.74) is 3.66. The minimum absolute atomic E-state index is 0.00926. The summed E-state index contributed by atoms with van der Waals surface area (Å²) in [7, 11) is 0. The number of amides is 1. The van der Waals surface area contributed by atoms with Crippen molar-refractivity contribution >= 4 is 5.91 Å². The van der Waals surface area contributed by atoms with Crippen molar-refractivity contribution < 1.29 is 9.53 Å². The van der Waals surface area contributed by atoms with Crippen LogP contribution in [0.5, 0.6) is 5.75 Å². The third-order valence-electron chi connectivity index (χ3n) is 4.52. The molecular weight excluding hydrogens is 298 g/mol. The number of rotatable bonds is 4. The van der Waals surface area contributed by atoms with Gasteiger partial charge in [0.2, 0.25) is 5.91 Å². The molecule has 1 heterocycles. The molecule has 0 bridgehead atoms. The van der Waals surface area contributed by atoms with E-state index in [2.05, 4.69) is 49.9 Å². The fraction of sp³-hybridized carbons (Fsp3) is 0.286. The smallest absolute Gasteiger partial charge is 0.245 e. The predicted octanol–water partition coefficient (Wildman–Crippen LogP) is 4.22. The van der Waals surface area contributed by atoms with E-state index in [1.165, 1.54) is 22.8 Å². The molecule has 0 saturated carbocycles. The van der Waals surface area contributed by atoms with Gasteiger partial charge in [0.25, 0.3) is 0 Å². The van der Waals surface area contributed by atoms with Crippen molar-refractivity contribution in [3.05, 3.63) is 66.7 Å². The van der Waals surface area contributed by atoms with Crippen molar-refractivity contribution in [1.82, 2.24) is 4.90 Å². The average molecular weight is 321 g/mol. The highest BCUT2D eigenvalue weighted by Gasteiger charge is 2.22. The number of hydrogen-bond acceptors (Lipinski definition) is 2. The normalized spacial score (nSPS) is 15.1. The maximum Gasteiger partial charge on any atom is 0.245 e. The molecule has 0 atom stereocenters. The van der Waals surface area contributed by atoms with Gasteiger partial charge in [-0.2, -0.15) is 0 Å². The Morgan fingerprint density at radius 1 is 1.17 bits per heavy atom. The number of hydrogen-bond donors (Lipinski definition) is 0. The van der Waals surface area contributed by atoms with Gasteiger partial charge >= 0.3 is 0 Å². The molecule has 1 saturated heterocycles. The Labute approximate surface area is 143 Å². The third-order valence-corrected chi connectivity index (χ3v) is 4.52. The first-order chi connectivity index (χ1) is 11.7. The van der Waals surface area contributed by atoms with Gasteiger partial charge in [-0.3, -0.25) is 4.79 Å². The van der Waals surface area contributed by atoms with Gasteiger partial charge in [0.1, 0.15) is 11.9 Å². The average Bonchev–Trinajstić information content (AvgIpc) is 2.62. The number of benzene rings is 2. The molecule has 1 aliphatic rings. The Balaban J connectivity index is 1.67. The highest BCUT2D eigenvalue weighted by Crippen LogP contribution is 2.28. The Hall–Kier alpha value is -2.55.